The number of methoxy groups -OCH3 is 2. The second kappa shape index (κ2) is 23.8. The van der Waals surface area contributed by atoms with Gasteiger partial charge in [0.25, 0.3) is 0 Å². The number of ether oxygens (including phenoxy) is 8. The zero-order chi connectivity index (χ0) is 48.0. The Labute approximate surface area is 378 Å². The molecule has 3 heterocycles. The number of rotatable bonds is 19. The standard InChI is InChI=1S/C48H72O16/c1-12-14-15-16-17-20-41(52)62-44-33(26-43(54)58-11)25-36(64-48(44,56)45(5,6)7)27-38(30(3)49)61-40(51)21-18-19-35-28-39(59-31(4)50)46(8,9)47(55,63-35)29-37-23-32(24-42(53)57-10)22-34(13-2)60-37/h13,15-17,20,24,26,30,34-39,44,49,55-56H,2,12,14,18-19,21-23,25,27-29H2,1,3-11H3/b16-15+,20-17+,32-24+,33-26+/t30-,34+,35-,36+,37+,38-,39+,44+,47+,48-/m1/s1. The first-order valence-electron chi connectivity index (χ1n) is 22.1. The van der Waals surface area contributed by atoms with Crippen molar-refractivity contribution in [3.05, 3.63) is 60.3 Å². The summed E-state index contributed by atoms with van der Waals surface area (Å²) in [5.74, 6) is -7.27. The fourth-order valence-electron chi connectivity index (χ4n) is 8.15. The van der Waals surface area contributed by atoms with Gasteiger partial charge in [-0.25, -0.2) is 14.4 Å². The summed E-state index contributed by atoms with van der Waals surface area (Å²) in [5.41, 5.74) is -1.23. The summed E-state index contributed by atoms with van der Waals surface area (Å²) in [7, 11) is 2.48. The molecular formula is C48H72O16. The quantitative estimate of drug-likeness (QED) is 0.0449. The molecule has 3 N–H and O–H groups in total. The van der Waals surface area contributed by atoms with Gasteiger partial charge in [0.15, 0.2) is 11.9 Å². The lowest BCUT2D eigenvalue weighted by atomic mass is 9.70. The fraction of sp³-hybridized carbons (Fsp3) is 0.688. The first kappa shape index (κ1) is 54.1. The molecule has 3 fully saturated rings. The molecule has 360 valence electrons. The third kappa shape index (κ3) is 14.9. The van der Waals surface area contributed by atoms with Crippen LogP contribution in [0.25, 0.3) is 0 Å². The molecule has 0 spiro atoms. The molecule has 0 unspecified atom stereocenters. The highest BCUT2D eigenvalue weighted by Gasteiger charge is 2.58. The number of allylic oxidation sites excluding steroid dienone is 3. The van der Waals surface area contributed by atoms with Crippen molar-refractivity contribution < 1.29 is 77.2 Å². The molecule has 0 aromatic rings. The lowest BCUT2D eigenvalue weighted by Gasteiger charge is -2.53. The average Bonchev–Trinajstić information content (AvgIpc) is 3.20. The number of aliphatic hydroxyl groups is 3. The monoisotopic (exact) mass is 904 g/mol. The van der Waals surface area contributed by atoms with Crippen molar-refractivity contribution in [2.24, 2.45) is 10.8 Å². The van der Waals surface area contributed by atoms with E-state index in [1.807, 2.05) is 13.0 Å². The minimum absolute atomic E-state index is 0.0315. The van der Waals surface area contributed by atoms with Crippen LogP contribution >= 0.6 is 0 Å². The highest BCUT2D eigenvalue weighted by atomic mass is 16.7. The van der Waals surface area contributed by atoms with E-state index in [2.05, 4.69) is 6.58 Å². The van der Waals surface area contributed by atoms with Crippen molar-refractivity contribution in [2.75, 3.05) is 14.2 Å². The van der Waals surface area contributed by atoms with Crippen molar-refractivity contribution >= 4 is 29.8 Å². The molecule has 0 bridgehead atoms. The highest BCUT2D eigenvalue weighted by Crippen LogP contribution is 2.49. The van der Waals surface area contributed by atoms with E-state index in [1.54, 1.807) is 46.8 Å². The van der Waals surface area contributed by atoms with Gasteiger partial charge in [0.1, 0.15) is 12.2 Å². The van der Waals surface area contributed by atoms with Crippen LogP contribution in [0.5, 0.6) is 0 Å². The van der Waals surface area contributed by atoms with Crippen LogP contribution in [0.15, 0.2) is 60.3 Å². The Bertz CT molecular complexity index is 1750. The summed E-state index contributed by atoms with van der Waals surface area (Å²) >= 11 is 0. The Morgan fingerprint density at radius 1 is 0.922 bits per heavy atom. The minimum Gasteiger partial charge on any atom is -0.466 e. The lowest BCUT2D eigenvalue weighted by molar-refractivity contribution is -0.347. The lowest BCUT2D eigenvalue weighted by Crippen LogP contribution is -2.62. The van der Waals surface area contributed by atoms with Crippen LogP contribution in [-0.4, -0.2) is 120 Å². The first-order chi connectivity index (χ1) is 29.9. The van der Waals surface area contributed by atoms with E-state index in [1.165, 1.54) is 46.3 Å². The van der Waals surface area contributed by atoms with Gasteiger partial charge >= 0.3 is 29.8 Å². The highest BCUT2D eigenvalue weighted by molar-refractivity contribution is 5.84. The Hall–Kier alpha value is -4.19. The largest absolute Gasteiger partial charge is 0.466 e. The molecule has 0 aliphatic carbocycles. The molecule has 0 saturated carbocycles. The molecule has 0 amide bonds. The predicted octanol–water partition coefficient (Wildman–Crippen LogP) is 5.95. The van der Waals surface area contributed by atoms with Crippen LogP contribution in [0.3, 0.4) is 0 Å². The van der Waals surface area contributed by atoms with E-state index in [9.17, 15) is 39.3 Å². The van der Waals surface area contributed by atoms with Crippen LogP contribution in [0, 0.1) is 10.8 Å². The molecular weight excluding hydrogens is 833 g/mol. The Balaban J connectivity index is 1.76. The Kier molecular flexibility index (Phi) is 20.2. The summed E-state index contributed by atoms with van der Waals surface area (Å²) in [6, 6.07) is 0. The normalized spacial score (nSPS) is 30.7. The molecule has 0 radical (unpaired) electrons. The van der Waals surface area contributed by atoms with Crippen LogP contribution in [0.2, 0.25) is 0 Å². The van der Waals surface area contributed by atoms with Gasteiger partial charge in [-0.05, 0) is 51.0 Å². The molecule has 64 heavy (non-hydrogen) atoms. The number of aliphatic hydroxyl groups excluding tert-OH is 1. The SMILES string of the molecule is C=C[C@H]1C/C(=C\C(=O)OC)C[C@@H](C[C@]2(O)O[C@H](CCCC(=O)O[C@H](C[C@@H]3C/C(=C\C(=O)OC)[C@H](OC(=O)/C=C/C=C/CCC)[C@](O)(C(C)(C)C)O3)[C@@H](C)O)C[C@H](OC(C)=O)C2(C)C)O1. The summed E-state index contributed by atoms with van der Waals surface area (Å²) in [6.45, 7) is 17.1. The molecule has 16 nitrogen and oxygen atoms in total. The van der Waals surface area contributed by atoms with E-state index in [0.717, 1.165) is 24.5 Å². The van der Waals surface area contributed by atoms with Gasteiger partial charge in [0.2, 0.25) is 5.79 Å². The van der Waals surface area contributed by atoms with Gasteiger partial charge in [-0.3, -0.25) is 9.59 Å². The van der Waals surface area contributed by atoms with Gasteiger partial charge in [-0.1, -0.05) is 77.8 Å². The smallest absolute Gasteiger partial charge is 0.331 e. The van der Waals surface area contributed by atoms with Gasteiger partial charge in [-0.15, -0.1) is 6.58 Å². The van der Waals surface area contributed by atoms with E-state index < -0.39 is 101 Å². The third-order valence-corrected chi connectivity index (χ3v) is 12.0. The van der Waals surface area contributed by atoms with Crippen molar-refractivity contribution in [3.8, 4) is 0 Å². The second-order valence-electron chi connectivity index (χ2n) is 18.5. The van der Waals surface area contributed by atoms with Gasteiger partial charge < -0.3 is 53.2 Å². The number of carbonyl (C=O) groups is 5. The number of esters is 5. The van der Waals surface area contributed by atoms with Gasteiger partial charge in [-0.2, -0.15) is 0 Å². The van der Waals surface area contributed by atoms with Crippen molar-refractivity contribution in [3.63, 3.8) is 0 Å². The van der Waals surface area contributed by atoms with Crippen molar-refractivity contribution in [1.82, 2.24) is 0 Å². The second-order valence-corrected chi connectivity index (χ2v) is 18.5. The summed E-state index contributed by atoms with van der Waals surface area (Å²) in [6.07, 6.45) is 6.33. The zero-order valence-electron chi connectivity index (χ0n) is 39.3. The molecule has 3 rings (SSSR count). The molecule has 10 atom stereocenters. The average molecular weight is 905 g/mol. The number of carbonyl (C=O) groups excluding carboxylic acids is 5. The number of hydrogen-bond acceptors (Lipinski definition) is 16. The third-order valence-electron chi connectivity index (χ3n) is 12.0. The van der Waals surface area contributed by atoms with E-state index >= 15 is 0 Å². The van der Waals surface area contributed by atoms with Crippen LogP contribution < -0.4 is 0 Å². The topological polar surface area (TPSA) is 220 Å². The molecule has 16 heteroatoms. The zero-order valence-corrected chi connectivity index (χ0v) is 39.3. The van der Waals surface area contributed by atoms with Crippen LogP contribution in [0.4, 0.5) is 0 Å². The molecule has 3 aliphatic heterocycles. The first-order valence-corrected chi connectivity index (χ1v) is 22.1. The predicted molar refractivity (Wildman–Crippen MR) is 234 cm³/mol. The number of unbranched alkanes of at least 4 members (excludes halogenated alkanes) is 1. The van der Waals surface area contributed by atoms with E-state index in [-0.39, 0.29) is 50.5 Å². The maximum Gasteiger partial charge on any atom is 0.331 e. The van der Waals surface area contributed by atoms with E-state index in [4.69, 9.17) is 37.9 Å². The molecule has 0 aromatic heterocycles. The fourth-order valence-corrected chi connectivity index (χ4v) is 8.15. The Morgan fingerprint density at radius 3 is 2.19 bits per heavy atom. The molecule has 0 aromatic carbocycles. The summed E-state index contributed by atoms with van der Waals surface area (Å²) in [5, 5.41) is 35.3. The maximum atomic E-state index is 13.4. The Morgan fingerprint density at radius 2 is 1.59 bits per heavy atom. The van der Waals surface area contributed by atoms with Crippen molar-refractivity contribution in [1.29, 1.82) is 0 Å². The van der Waals surface area contributed by atoms with Crippen molar-refractivity contribution in [2.45, 2.75) is 186 Å². The summed E-state index contributed by atoms with van der Waals surface area (Å²) < 4.78 is 45.9. The van der Waals surface area contributed by atoms with E-state index in [0.29, 0.717) is 12.8 Å². The molecule has 3 saturated heterocycles. The van der Waals surface area contributed by atoms with Crippen LogP contribution in [0.1, 0.15) is 126 Å². The summed E-state index contributed by atoms with van der Waals surface area (Å²) in [4.78, 5) is 63.3. The van der Waals surface area contributed by atoms with Crippen LogP contribution in [-0.2, 0) is 61.9 Å². The maximum absolute atomic E-state index is 13.4. The van der Waals surface area contributed by atoms with Gasteiger partial charge in [0.05, 0.1) is 50.2 Å². The molecule has 3 aliphatic rings. The number of hydrogen-bond donors (Lipinski definition) is 3. The van der Waals surface area contributed by atoms with Gasteiger partial charge in [0, 0.05) is 56.3 Å². The minimum atomic E-state index is -2.18.